The van der Waals surface area contributed by atoms with Gasteiger partial charge in [0.05, 0.1) is 17.9 Å². The number of nitrogens with zero attached hydrogens (tertiary/aromatic N) is 2. The highest BCUT2D eigenvalue weighted by atomic mass is 16.3. The van der Waals surface area contributed by atoms with Crippen LogP contribution in [0.4, 0.5) is 0 Å². The summed E-state index contributed by atoms with van der Waals surface area (Å²) in [4.78, 5) is 17.9. The molecule has 1 aliphatic heterocycles. The maximum Gasteiger partial charge on any atom is 0.183 e. The van der Waals surface area contributed by atoms with Crippen LogP contribution < -0.4 is 5.32 Å². The van der Waals surface area contributed by atoms with Gasteiger partial charge in [-0.05, 0) is 82.6 Å². The lowest BCUT2D eigenvalue weighted by Crippen LogP contribution is -2.40. The number of furan rings is 1. The maximum absolute atomic E-state index is 13.3. The molecule has 2 atom stereocenters. The minimum Gasteiger partial charge on any atom is -0.469 e. The molecule has 1 N–H and O–H groups in total. The smallest absolute Gasteiger partial charge is 0.183 e. The van der Waals surface area contributed by atoms with E-state index in [1.54, 1.807) is 6.26 Å². The molecule has 3 aromatic heterocycles. The van der Waals surface area contributed by atoms with Crippen molar-refractivity contribution >= 4 is 11.4 Å². The van der Waals surface area contributed by atoms with Crippen LogP contribution in [0.3, 0.4) is 0 Å². The van der Waals surface area contributed by atoms with Crippen LogP contribution in [-0.2, 0) is 0 Å². The van der Waals surface area contributed by atoms with Gasteiger partial charge in [0.25, 0.3) is 0 Å². The van der Waals surface area contributed by atoms with E-state index in [9.17, 15) is 4.79 Å². The first-order valence-corrected chi connectivity index (χ1v) is 10.9. The van der Waals surface area contributed by atoms with E-state index in [1.807, 2.05) is 35.7 Å². The molecule has 2 unspecified atom stereocenters. The van der Waals surface area contributed by atoms with E-state index in [4.69, 9.17) is 4.42 Å². The second kappa shape index (κ2) is 7.45. The molecule has 2 fully saturated rings. The number of ketones is 1. The predicted octanol–water partition coefficient (Wildman–Crippen LogP) is 4.82. The van der Waals surface area contributed by atoms with Crippen molar-refractivity contribution in [3.05, 3.63) is 59.4 Å². The molecular formula is C24H29N3O2. The molecule has 29 heavy (non-hydrogen) atoms. The van der Waals surface area contributed by atoms with Crippen LogP contribution in [0.1, 0.15) is 71.9 Å². The van der Waals surface area contributed by atoms with Crippen LogP contribution in [0.5, 0.6) is 0 Å². The molecule has 0 amide bonds. The van der Waals surface area contributed by atoms with Crippen molar-refractivity contribution in [1.82, 2.24) is 14.7 Å². The lowest BCUT2D eigenvalue weighted by molar-refractivity contribution is 0.0948. The molecule has 0 aromatic carbocycles. The molecule has 0 spiro atoms. The summed E-state index contributed by atoms with van der Waals surface area (Å²) in [5.74, 6) is 2.55. The first-order chi connectivity index (χ1) is 14.1. The Bertz CT molecular complexity index is 1010. The van der Waals surface area contributed by atoms with Gasteiger partial charge in [-0.2, -0.15) is 0 Å². The predicted molar refractivity (Wildman–Crippen MR) is 112 cm³/mol. The second-order valence-electron chi connectivity index (χ2n) is 8.86. The third-order valence-electron chi connectivity index (χ3n) is 6.99. The first kappa shape index (κ1) is 18.6. The van der Waals surface area contributed by atoms with Crippen LogP contribution >= 0.6 is 0 Å². The van der Waals surface area contributed by atoms with Gasteiger partial charge in [-0.15, -0.1) is 0 Å². The highest BCUT2D eigenvalue weighted by molar-refractivity contribution is 6.05. The van der Waals surface area contributed by atoms with E-state index in [1.165, 1.54) is 25.7 Å². The zero-order valence-corrected chi connectivity index (χ0v) is 17.2. The largest absolute Gasteiger partial charge is 0.469 e. The Morgan fingerprint density at radius 3 is 2.72 bits per heavy atom. The topological polar surface area (TPSA) is 59.5 Å². The fourth-order valence-electron chi connectivity index (χ4n) is 5.45. The van der Waals surface area contributed by atoms with Crippen molar-refractivity contribution in [3.8, 4) is 0 Å². The zero-order chi connectivity index (χ0) is 20.0. The fourth-order valence-corrected chi connectivity index (χ4v) is 5.45. The Labute approximate surface area is 171 Å². The number of aryl methyl sites for hydroxylation is 2. The fraction of sp³-hybridized carbons (Fsp3) is 0.500. The summed E-state index contributed by atoms with van der Waals surface area (Å²) in [7, 11) is 0. The standard InChI is InChI=1S/C24H29N3O2/c1-15-14-16(2)27-12-11-19(24(27)25-15)23(28)21-10-9-20(26-21)17-5-7-18(8-6-17)22-4-3-13-29-22/h3-4,11-14,17-18,20-21,26H,5-10H2,1-2H3. The van der Waals surface area contributed by atoms with E-state index in [0.29, 0.717) is 17.9 Å². The van der Waals surface area contributed by atoms with Crippen molar-refractivity contribution in [2.75, 3.05) is 0 Å². The molecule has 5 rings (SSSR count). The van der Waals surface area contributed by atoms with E-state index < -0.39 is 0 Å². The summed E-state index contributed by atoms with van der Waals surface area (Å²) in [6.45, 7) is 4.04. The Morgan fingerprint density at radius 1 is 1.14 bits per heavy atom. The first-order valence-electron chi connectivity index (χ1n) is 10.9. The molecule has 0 radical (unpaired) electrons. The number of Topliss-reactive ketones (excluding diaryl/α,β-unsaturated/α-hetero) is 1. The summed E-state index contributed by atoms with van der Waals surface area (Å²) in [6, 6.07) is 8.43. The maximum atomic E-state index is 13.3. The van der Waals surface area contributed by atoms with Crippen molar-refractivity contribution in [3.63, 3.8) is 0 Å². The lowest BCUT2D eigenvalue weighted by Gasteiger charge is -2.31. The third kappa shape index (κ3) is 3.42. The molecule has 5 heteroatoms. The normalized spacial score (nSPS) is 27.5. The van der Waals surface area contributed by atoms with Crippen LogP contribution in [0.15, 0.2) is 41.1 Å². The average molecular weight is 392 g/mol. The number of hydrogen-bond donors (Lipinski definition) is 1. The number of fused-ring (bicyclic) bond motifs is 1. The Hall–Kier alpha value is -2.40. The number of carbonyl (C=O) groups excluding carboxylic acids is 1. The summed E-state index contributed by atoms with van der Waals surface area (Å²) in [5.41, 5.74) is 3.60. The van der Waals surface area contributed by atoms with Gasteiger partial charge < -0.3 is 14.1 Å². The van der Waals surface area contributed by atoms with Crippen LogP contribution in [0, 0.1) is 19.8 Å². The van der Waals surface area contributed by atoms with Gasteiger partial charge in [-0.3, -0.25) is 4.79 Å². The quantitative estimate of drug-likeness (QED) is 0.648. The SMILES string of the molecule is Cc1cc(C)n2ccc(C(=O)C3CCC(C4CCC(c5ccco5)CC4)N3)c2n1. The molecule has 0 bridgehead atoms. The molecule has 1 saturated carbocycles. The van der Waals surface area contributed by atoms with Gasteiger partial charge in [0.2, 0.25) is 0 Å². The average Bonchev–Trinajstić information content (AvgIpc) is 3.47. The van der Waals surface area contributed by atoms with Gasteiger partial charge >= 0.3 is 0 Å². The molecule has 3 aromatic rings. The van der Waals surface area contributed by atoms with Crippen molar-refractivity contribution < 1.29 is 9.21 Å². The Balaban J connectivity index is 1.25. The van der Waals surface area contributed by atoms with E-state index in [0.717, 1.165) is 41.2 Å². The second-order valence-corrected chi connectivity index (χ2v) is 8.86. The van der Waals surface area contributed by atoms with Crippen LogP contribution in [0.25, 0.3) is 5.65 Å². The highest BCUT2D eigenvalue weighted by Crippen LogP contribution is 2.39. The summed E-state index contributed by atoms with van der Waals surface area (Å²) < 4.78 is 7.62. The molecular weight excluding hydrogens is 362 g/mol. The van der Waals surface area contributed by atoms with Gasteiger partial charge in [0.15, 0.2) is 5.78 Å². The lowest BCUT2D eigenvalue weighted by atomic mass is 9.77. The molecule has 152 valence electrons. The van der Waals surface area contributed by atoms with Crippen LogP contribution in [0.2, 0.25) is 0 Å². The number of nitrogens with one attached hydrogen (secondary N) is 1. The van der Waals surface area contributed by atoms with Gasteiger partial charge in [0.1, 0.15) is 11.4 Å². The van der Waals surface area contributed by atoms with Crippen molar-refractivity contribution in [2.24, 2.45) is 5.92 Å². The third-order valence-corrected chi connectivity index (χ3v) is 6.99. The van der Waals surface area contributed by atoms with Crippen molar-refractivity contribution in [1.29, 1.82) is 0 Å². The monoisotopic (exact) mass is 391 g/mol. The highest BCUT2D eigenvalue weighted by Gasteiger charge is 2.37. The summed E-state index contributed by atoms with van der Waals surface area (Å²) in [6.07, 6.45) is 10.5. The molecule has 5 nitrogen and oxygen atoms in total. The molecule has 1 saturated heterocycles. The number of carbonyl (C=O) groups is 1. The van der Waals surface area contributed by atoms with Gasteiger partial charge in [0, 0.05) is 29.5 Å². The molecule has 1 aliphatic carbocycles. The van der Waals surface area contributed by atoms with Gasteiger partial charge in [-0.1, -0.05) is 0 Å². The number of hydrogen-bond acceptors (Lipinski definition) is 4. The molecule has 2 aliphatic rings. The minimum atomic E-state index is -0.0865. The Kier molecular flexibility index (Phi) is 4.78. The summed E-state index contributed by atoms with van der Waals surface area (Å²) >= 11 is 0. The van der Waals surface area contributed by atoms with Crippen LogP contribution in [-0.4, -0.2) is 27.3 Å². The van der Waals surface area contributed by atoms with Crippen molar-refractivity contribution in [2.45, 2.75) is 70.4 Å². The molecule has 4 heterocycles. The Morgan fingerprint density at radius 2 is 1.97 bits per heavy atom. The van der Waals surface area contributed by atoms with E-state index in [2.05, 4.69) is 23.3 Å². The zero-order valence-electron chi connectivity index (χ0n) is 17.2. The summed E-state index contributed by atoms with van der Waals surface area (Å²) in [5, 5.41) is 3.68. The number of rotatable bonds is 4. The van der Waals surface area contributed by atoms with Gasteiger partial charge in [-0.25, -0.2) is 4.98 Å². The number of aromatic nitrogens is 2. The minimum absolute atomic E-state index is 0.0865. The van der Waals surface area contributed by atoms with E-state index >= 15 is 0 Å². The van der Waals surface area contributed by atoms with E-state index in [-0.39, 0.29) is 11.8 Å².